The van der Waals surface area contributed by atoms with Crippen molar-refractivity contribution in [3.8, 4) is 17.1 Å². The molecule has 38 heavy (non-hydrogen) atoms. The number of morpholine rings is 1. The van der Waals surface area contributed by atoms with E-state index in [0.29, 0.717) is 68.5 Å². The zero-order valence-electron chi connectivity index (χ0n) is 21.6. The number of anilines is 1. The lowest BCUT2D eigenvalue weighted by Gasteiger charge is -2.35. The summed E-state index contributed by atoms with van der Waals surface area (Å²) >= 11 is 0. The molecular weight excluding hydrogens is 508 g/mol. The van der Waals surface area contributed by atoms with Gasteiger partial charge in [-0.3, -0.25) is 9.78 Å². The van der Waals surface area contributed by atoms with E-state index in [0.717, 1.165) is 11.3 Å². The highest BCUT2D eigenvalue weighted by Gasteiger charge is 2.26. The first-order valence-electron chi connectivity index (χ1n) is 12.8. The van der Waals surface area contributed by atoms with Crippen molar-refractivity contribution in [2.75, 3.05) is 63.1 Å². The van der Waals surface area contributed by atoms with Crippen LogP contribution in [0.25, 0.3) is 22.3 Å². The molecule has 202 valence electrons. The lowest BCUT2D eigenvalue weighted by molar-refractivity contribution is -0.137. The molecule has 1 aromatic carbocycles. The summed E-state index contributed by atoms with van der Waals surface area (Å²) < 4.78 is 37.7. The predicted molar refractivity (Wildman–Crippen MR) is 144 cm³/mol. The van der Waals surface area contributed by atoms with Gasteiger partial charge in [-0.15, -0.1) is 0 Å². The number of nitrogens with zero attached hydrogens (tertiary/aromatic N) is 6. The number of carbonyl (C=O) groups is 1. The topological polar surface area (TPSA) is 118 Å². The van der Waals surface area contributed by atoms with Crippen LogP contribution in [0.5, 0.6) is 5.88 Å². The standard InChI is InChI=1S/C26H32N6O5S/c1-3-38(34,35)32-12-10-30(11-13-32)21-6-4-20(5-7-21)23-16-24-25(28-9-8-27-24)26(29-23)37-18-22-17-31(19(2)33)14-15-36-22/h4-9,16,22H,3,10-15,17-18H2,1-2H3/t22-/m0/s1. The molecule has 2 aliphatic heterocycles. The number of amides is 1. The van der Waals surface area contributed by atoms with Crippen LogP contribution < -0.4 is 9.64 Å². The van der Waals surface area contributed by atoms with Crippen molar-refractivity contribution in [3.05, 3.63) is 42.7 Å². The Morgan fingerprint density at radius 3 is 2.53 bits per heavy atom. The summed E-state index contributed by atoms with van der Waals surface area (Å²) in [5.74, 6) is 0.513. The number of aromatic nitrogens is 3. The number of fused-ring (bicyclic) bond motifs is 1. The zero-order chi connectivity index (χ0) is 26.7. The Balaban J connectivity index is 1.31. The van der Waals surface area contributed by atoms with E-state index in [9.17, 15) is 13.2 Å². The molecule has 5 rings (SSSR count). The van der Waals surface area contributed by atoms with E-state index in [1.165, 1.54) is 0 Å². The van der Waals surface area contributed by atoms with Crippen molar-refractivity contribution in [2.24, 2.45) is 0 Å². The number of ether oxygens (including phenoxy) is 2. The largest absolute Gasteiger partial charge is 0.473 e. The summed E-state index contributed by atoms with van der Waals surface area (Å²) in [5, 5.41) is 0. The first-order chi connectivity index (χ1) is 18.3. The third-order valence-corrected chi connectivity index (χ3v) is 8.82. The molecule has 0 saturated carbocycles. The SMILES string of the molecule is CCS(=O)(=O)N1CCN(c2ccc(-c3cc4nccnc4c(OC[C@@H]4CN(C(C)=O)CCO4)n3)cc2)CC1. The Labute approximate surface area is 222 Å². The van der Waals surface area contributed by atoms with Crippen LogP contribution in [0.3, 0.4) is 0 Å². The number of rotatable bonds is 7. The number of hydrogen-bond donors (Lipinski definition) is 0. The Kier molecular flexibility index (Phi) is 7.73. The molecule has 0 N–H and O–H groups in total. The van der Waals surface area contributed by atoms with Crippen LogP contribution in [0.15, 0.2) is 42.7 Å². The lowest BCUT2D eigenvalue weighted by Crippen LogP contribution is -2.49. The van der Waals surface area contributed by atoms with Gasteiger partial charge in [0.1, 0.15) is 12.7 Å². The van der Waals surface area contributed by atoms with Gasteiger partial charge in [0.25, 0.3) is 0 Å². The summed E-state index contributed by atoms with van der Waals surface area (Å²) in [6.07, 6.45) is 2.98. The number of piperazine rings is 1. The van der Waals surface area contributed by atoms with Crippen LogP contribution in [0.2, 0.25) is 0 Å². The molecule has 0 radical (unpaired) electrons. The highest BCUT2D eigenvalue weighted by atomic mass is 32.2. The van der Waals surface area contributed by atoms with E-state index in [2.05, 4.69) is 14.9 Å². The third-order valence-electron chi connectivity index (χ3n) is 6.94. The second kappa shape index (κ2) is 11.2. The van der Waals surface area contributed by atoms with E-state index < -0.39 is 10.0 Å². The molecule has 2 aliphatic rings. The minimum Gasteiger partial charge on any atom is -0.473 e. The molecule has 4 heterocycles. The third kappa shape index (κ3) is 5.71. The number of benzene rings is 1. The molecule has 0 unspecified atom stereocenters. The zero-order valence-corrected chi connectivity index (χ0v) is 22.4. The molecule has 0 aliphatic carbocycles. The van der Waals surface area contributed by atoms with Crippen LogP contribution in [0.4, 0.5) is 5.69 Å². The molecular formula is C26H32N6O5S. The van der Waals surface area contributed by atoms with E-state index in [4.69, 9.17) is 14.5 Å². The van der Waals surface area contributed by atoms with Gasteiger partial charge in [0.15, 0.2) is 5.52 Å². The average Bonchev–Trinajstić information content (AvgIpc) is 2.96. The van der Waals surface area contributed by atoms with Crippen LogP contribution in [-0.4, -0.2) is 103 Å². The maximum atomic E-state index is 12.2. The number of pyridine rings is 1. The van der Waals surface area contributed by atoms with Crippen LogP contribution in [0.1, 0.15) is 13.8 Å². The summed E-state index contributed by atoms with van der Waals surface area (Å²) in [6.45, 7) is 7.25. The van der Waals surface area contributed by atoms with Gasteiger partial charge >= 0.3 is 0 Å². The van der Waals surface area contributed by atoms with E-state index in [1.54, 1.807) is 35.4 Å². The van der Waals surface area contributed by atoms with Gasteiger partial charge in [0.2, 0.25) is 21.8 Å². The molecule has 2 aromatic heterocycles. The lowest BCUT2D eigenvalue weighted by atomic mass is 10.1. The fraction of sp³-hybridized carbons (Fsp3) is 0.462. The monoisotopic (exact) mass is 540 g/mol. The van der Waals surface area contributed by atoms with Gasteiger partial charge in [-0.2, -0.15) is 4.31 Å². The van der Waals surface area contributed by atoms with Crippen molar-refractivity contribution in [2.45, 2.75) is 20.0 Å². The van der Waals surface area contributed by atoms with Crippen LogP contribution in [-0.2, 0) is 19.6 Å². The van der Waals surface area contributed by atoms with Gasteiger partial charge < -0.3 is 19.3 Å². The van der Waals surface area contributed by atoms with Crippen molar-refractivity contribution in [1.29, 1.82) is 0 Å². The molecule has 12 heteroatoms. The number of hydrogen-bond acceptors (Lipinski definition) is 9. The second-order valence-electron chi connectivity index (χ2n) is 9.34. The molecule has 2 fully saturated rings. The van der Waals surface area contributed by atoms with Gasteiger partial charge in [-0.1, -0.05) is 12.1 Å². The maximum Gasteiger partial charge on any atom is 0.242 e. The smallest absolute Gasteiger partial charge is 0.242 e. The Morgan fingerprint density at radius 2 is 1.82 bits per heavy atom. The first-order valence-corrected chi connectivity index (χ1v) is 14.4. The minimum atomic E-state index is -3.16. The maximum absolute atomic E-state index is 12.2. The van der Waals surface area contributed by atoms with E-state index >= 15 is 0 Å². The Bertz CT molecular complexity index is 1390. The molecule has 2 saturated heterocycles. The van der Waals surface area contributed by atoms with Crippen molar-refractivity contribution in [1.82, 2.24) is 24.2 Å². The van der Waals surface area contributed by atoms with E-state index in [-0.39, 0.29) is 24.4 Å². The molecule has 1 amide bonds. The Hall–Kier alpha value is -3.35. The van der Waals surface area contributed by atoms with Crippen molar-refractivity contribution >= 4 is 32.7 Å². The summed E-state index contributed by atoms with van der Waals surface area (Å²) in [6, 6.07) is 9.91. The second-order valence-corrected chi connectivity index (χ2v) is 11.6. The highest BCUT2D eigenvalue weighted by molar-refractivity contribution is 7.89. The molecule has 0 bridgehead atoms. The van der Waals surface area contributed by atoms with Crippen molar-refractivity contribution in [3.63, 3.8) is 0 Å². The molecule has 0 spiro atoms. The normalized spacial score (nSPS) is 19.1. The highest BCUT2D eigenvalue weighted by Crippen LogP contribution is 2.29. The van der Waals surface area contributed by atoms with Gasteiger partial charge in [-0.25, -0.2) is 18.4 Å². The van der Waals surface area contributed by atoms with Gasteiger partial charge in [-0.05, 0) is 25.1 Å². The fourth-order valence-corrected chi connectivity index (χ4v) is 5.80. The summed E-state index contributed by atoms with van der Waals surface area (Å²) in [5.41, 5.74) is 3.86. The van der Waals surface area contributed by atoms with Gasteiger partial charge in [0.05, 0.1) is 30.1 Å². The fourth-order valence-electron chi connectivity index (χ4n) is 4.72. The first kappa shape index (κ1) is 26.3. The van der Waals surface area contributed by atoms with Gasteiger partial charge in [0, 0.05) is 63.3 Å². The molecule has 11 nitrogen and oxygen atoms in total. The predicted octanol–water partition coefficient (Wildman–Crippen LogP) is 1.79. The summed E-state index contributed by atoms with van der Waals surface area (Å²) in [7, 11) is -3.16. The van der Waals surface area contributed by atoms with Crippen LogP contribution in [0, 0.1) is 0 Å². The summed E-state index contributed by atoms with van der Waals surface area (Å²) in [4.78, 5) is 29.3. The molecule has 3 aromatic rings. The number of sulfonamides is 1. The Morgan fingerprint density at radius 1 is 1.08 bits per heavy atom. The van der Waals surface area contributed by atoms with Crippen molar-refractivity contribution < 1.29 is 22.7 Å². The number of carbonyl (C=O) groups excluding carboxylic acids is 1. The van der Waals surface area contributed by atoms with Crippen LogP contribution >= 0.6 is 0 Å². The average molecular weight is 541 g/mol. The molecule has 1 atom stereocenters. The van der Waals surface area contributed by atoms with E-state index in [1.807, 2.05) is 30.3 Å². The quantitative estimate of drug-likeness (QED) is 0.442. The minimum absolute atomic E-state index is 0.0195.